The first kappa shape index (κ1) is 19.4. The van der Waals surface area contributed by atoms with Crippen LogP contribution in [0.1, 0.15) is 12.0 Å². The maximum absolute atomic E-state index is 11.8. The minimum Gasteiger partial charge on any atom is -0.481 e. The van der Waals surface area contributed by atoms with Gasteiger partial charge in [0.05, 0.1) is 0 Å². The molecule has 1 rings (SSSR count). The minimum atomic E-state index is -5.59. The molecule has 2 unspecified atom stereocenters. The molecule has 0 amide bonds. The Morgan fingerprint density at radius 2 is 1.74 bits per heavy atom. The van der Waals surface area contributed by atoms with Gasteiger partial charge in [-0.3, -0.25) is 23.7 Å². The van der Waals surface area contributed by atoms with E-state index in [0.29, 0.717) is 0 Å². The molecule has 0 aliphatic rings. The molecular weight excluding hydrogens is 356 g/mol. The summed E-state index contributed by atoms with van der Waals surface area (Å²) in [5.74, 6) is -4.21. The summed E-state index contributed by atoms with van der Waals surface area (Å²) in [5.41, 5.74) is -3.19. The van der Waals surface area contributed by atoms with E-state index in [4.69, 9.17) is 14.9 Å². The van der Waals surface area contributed by atoms with Gasteiger partial charge in [0.1, 0.15) is 0 Å². The summed E-state index contributed by atoms with van der Waals surface area (Å²) in [4.78, 5) is 63.3. The van der Waals surface area contributed by atoms with Crippen molar-refractivity contribution in [2.24, 2.45) is 0 Å². The summed E-state index contributed by atoms with van der Waals surface area (Å²) in [6.07, 6.45) is 0.442. The van der Waals surface area contributed by atoms with Crippen molar-refractivity contribution in [3.05, 3.63) is 30.1 Å². The number of carboxylic acids is 2. The molecule has 0 bridgehead atoms. The third-order valence-electron chi connectivity index (χ3n) is 3.17. The molecule has 2 atom stereocenters. The maximum atomic E-state index is 11.8. The summed E-state index contributed by atoms with van der Waals surface area (Å²) >= 11 is 0. The topological polar surface area (TPSA) is 203 Å². The molecule has 13 heteroatoms. The number of aromatic nitrogens is 1. The van der Waals surface area contributed by atoms with E-state index in [-0.39, 0.29) is 0 Å². The molecule has 1 heterocycles. The Kier molecular flexibility index (Phi) is 5.48. The predicted octanol–water partition coefficient (Wildman–Crippen LogP) is -0.440. The molecule has 6 N–H and O–H groups in total. The van der Waals surface area contributed by atoms with Gasteiger partial charge in [0, 0.05) is 18.8 Å². The number of rotatable bonds is 7. The SMILES string of the molecule is O=C(O)C(CC(C(=O)O)(c1cccnc1)P(=O)(O)O)P(=O)(O)O. The Hall–Kier alpha value is -1.61. The van der Waals surface area contributed by atoms with Crippen molar-refractivity contribution in [1.82, 2.24) is 4.98 Å². The quantitative estimate of drug-likeness (QED) is 0.340. The monoisotopic (exact) mass is 369 g/mol. The van der Waals surface area contributed by atoms with Crippen LogP contribution in [0.2, 0.25) is 0 Å². The van der Waals surface area contributed by atoms with Gasteiger partial charge in [-0.1, -0.05) is 6.07 Å². The van der Waals surface area contributed by atoms with Crippen LogP contribution in [0.5, 0.6) is 0 Å². The van der Waals surface area contributed by atoms with E-state index in [9.17, 15) is 33.6 Å². The lowest BCUT2D eigenvalue weighted by atomic mass is 9.94. The van der Waals surface area contributed by atoms with Crippen molar-refractivity contribution < 1.29 is 48.5 Å². The zero-order valence-corrected chi connectivity index (χ0v) is 13.0. The van der Waals surface area contributed by atoms with Crippen molar-refractivity contribution in [2.45, 2.75) is 17.2 Å². The third kappa shape index (κ3) is 3.84. The number of pyridine rings is 1. The highest BCUT2D eigenvalue weighted by atomic mass is 31.2. The number of carboxylic acid groups (broad SMARTS) is 2. The second-order valence-corrected chi connectivity index (χ2v) is 8.25. The number of hydrogen-bond donors (Lipinski definition) is 6. The summed E-state index contributed by atoms with van der Waals surface area (Å²) < 4.78 is 23.1. The van der Waals surface area contributed by atoms with Gasteiger partial charge >= 0.3 is 27.1 Å². The lowest BCUT2D eigenvalue weighted by Crippen LogP contribution is -2.41. The van der Waals surface area contributed by atoms with Crippen LogP contribution < -0.4 is 0 Å². The van der Waals surface area contributed by atoms with Crippen molar-refractivity contribution >= 4 is 27.1 Å². The van der Waals surface area contributed by atoms with Crippen molar-refractivity contribution in [2.75, 3.05) is 0 Å². The number of aliphatic carboxylic acids is 2. The first-order valence-corrected chi connectivity index (χ1v) is 9.11. The second kappa shape index (κ2) is 6.48. The van der Waals surface area contributed by atoms with E-state index in [1.807, 2.05) is 0 Å². The molecule has 0 radical (unpaired) electrons. The van der Waals surface area contributed by atoms with Crippen molar-refractivity contribution in [3.8, 4) is 0 Å². The van der Waals surface area contributed by atoms with E-state index in [0.717, 1.165) is 18.3 Å². The van der Waals surface area contributed by atoms with E-state index >= 15 is 0 Å². The van der Waals surface area contributed by atoms with Crippen LogP contribution in [0.15, 0.2) is 24.5 Å². The summed E-state index contributed by atoms with van der Waals surface area (Å²) in [7, 11) is -11.0. The lowest BCUT2D eigenvalue weighted by Gasteiger charge is -2.32. The van der Waals surface area contributed by atoms with Gasteiger partial charge in [-0.15, -0.1) is 0 Å². The van der Waals surface area contributed by atoms with Gasteiger partial charge in [-0.05, 0) is 11.6 Å². The Morgan fingerprint density at radius 1 is 1.17 bits per heavy atom. The Morgan fingerprint density at radius 3 is 2.04 bits per heavy atom. The fourth-order valence-electron chi connectivity index (χ4n) is 1.98. The third-order valence-corrected chi connectivity index (χ3v) is 6.01. The Labute approximate surface area is 128 Å². The van der Waals surface area contributed by atoms with Crippen LogP contribution in [0.4, 0.5) is 0 Å². The molecule has 0 spiro atoms. The molecule has 1 aromatic rings. The highest BCUT2D eigenvalue weighted by Gasteiger charge is 2.59. The van der Waals surface area contributed by atoms with Crippen LogP contribution in [0.25, 0.3) is 0 Å². The van der Waals surface area contributed by atoms with Crippen LogP contribution >= 0.6 is 15.2 Å². The highest BCUT2D eigenvalue weighted by molar-refractivity contribution is 7.55. The molecule has 0 aromatic carbocycles. The standard InChI is InChI=1S/C10H13NO10P2/c12-8(13)7(22(16,17)18)4-10(9(14)15,23(19,20)21)6-2-1-3-11-5-6/h1-3,5,7H,4H2,(H,12,13)(H,14,15)(H2,16,17,18)(H2,19,20,21). The van der Waals surface area contributed by atoms with Crippen LogP contribution in [0.3, 0.4) is 0 Å². The molecule has 23 heavy (non-hydrogen) atoms. The zero-order valence-electron chi connectivity index (χ0n) is 11.3. The number of nitrogens with zero attached hydrogens (tertiary/aromatic N) is 1. The van der Waals surface area contributed by atoms with Gasteiger partial charge in [0.25, 0.3) is 0 Å². The van der Waals surface area contributed by atoms with Gasteiger partial charge < -0.3 is 29.8 Å². The molecule has 0 aliphatic carbocycles. The first-order chi connectivity index (χ1) is 10.3. The Bertz CT molecular complexity index is 695. The first-order valence-electron chi connectivity index (χ1n) is 5.81. The molecular formula is C10H13NO10P2. The molecule has 128 valence electrons. The van der Waals surface area contributed by atoms with Crippen molar-refractivity contribution in [3.63, 3.8) is 0 Å². The van der Waals surface area contributed by atoms with Crippen LogP contribution in [-0.4, -0.2) is 52.4 Å². The highest BCUT2D eigenvalue weighted by Crippen LogP contribution is 2.62. The zero-order chi connectivity index (χ0) is 18.1. The van der Waals surface area contributed by atoms with E-state index in [2.05, 4.69) is 4.98 Å². The minimum absolute atomic E-state index is 0.569. The Balaban J connectivity index is 3.65. The van der Waals surface area contributed by atoms with E-state index < -0.39 is 49.9 Å². The largest absolute Gasteiger partial charge is 0.481 e. The maximum Gasteiger partial charge on any atom is 0.347 e. The van der Waals surface area contributed by atoms with E-state index in [1.54, 1.807) is 0 Å². The predicted molar refractivity (Wildman–Crippen MR) is 73.7 cm³/mol. The van der Waals surface area contributed by atoms with Crippen LogP contribution in [-0.2, 0) is 23.9 Å². The smallest absolute Gasteiger partial charge is 0.347 e. The molecule has 0 saturated heterocycles. The fraction of sp³-hybridized carbons (Fsp3) is 0.300. The van der Waals surface area contributed by atoms with Gasteiger partial charge in [0.2, 0.25) is 0 Å². The summed E-state index contributed by atoms with van der Waals surface area (Å²) in [6.45, 7) is 0. The molecule has 0 aliphatic heterocycles. The molecule has 0 saturated carbocycles. The summed E-state index contributed by atoms with van der Waals surface area (Å²) in [5, 5.41) is 15.1. The average Bonchev–Trinajstić information content (AvgIpc) is 2.36. The van der Waals surface area contributed by atoms with Crippen LogP contribution in [0, 0.1) is 0 Å². The fourth-order valence-corrected chi connectivity index (χ4v) is 4.06. The lowest BCUT2D eigenvalue weighted by molar-refractivity contribution is -0.142. The second-order valence-electron chi connectivity index (χ2n) is 4.60. The number of carbonyl (C=O) groups is 2. The molecule has 0 fully saturated rings. The van der Waals surface area contributed by atoms with Gasteiger partial charge in [0.15, 0.2) is 10.8 Å². The molecule has 1 aromatic heterocycles. The molecule has 11 nitrogen and oxygen atoms in total. The van der Waals surface area contributed by atoms with E-state index in [1.165, 1.54) is 6.20 Å². The van der Waals surface area contributed by atoms with Gasteiger partial charge in [-0.2, -0.15) is 0 Å². The van der Waals surface area contributed by atoms with Crippen molar-refractivity contribution in [1.29, 1.82) is 0 Å². The normalized spacial score (nSPS) is 16.3. The average molecular weight is 369 g/mol. The van der Waals surface area contributed by atoms with Gasteiger partial charge in [-0.25, -0.2) is 0 Å². The summed E-state index contributed by atoms with van der Waals surface area (Å²) in [6, 6.07) is 2.12. The number of hydrogen-bond acceptors (Lipinski definition) is 5.